The van der Waals surface area contributed by atoms with E-state index in [2.05, 4.69) is 46.0 Å². The molecule has 0 saturated heterocycles. The molecule has 1 rings (SSSR count). The number of hydrogen-bond acceptors (Lipinski definition) is 0. The van der Waals surface area contributed by atoms with Crippen LogP contribution in [0.15, 0.2) is 22.9 Å². The van der Waals surface area contributed by atoms with Crippen molar-refractivity contribution in [1.82, 2.24) is 0 Å². The highest BCUT2D eigenvalue weighted by molar-refractivity contribution is 6.65. The Morgan fingerprint density at radius 3 is 2.08 bits per heavy atom. The highest BCUT2D eigenvalue weighted by Gasteiger charge is 2.20. The van der Waals surface area contributed by atoms with Crippen molar-refractivity contribution in [2.24, 2.45) is 5.41 Å². The van der Waals surface area contributed by atoms with Gasteiger partial charge in [0.25, 0.3) is 0 Å². The van der Waals surface area contributed by atoms with Gasteiger partial charge in [-0.2, -0.15) is 0 Å². The molecule has 0 aromatic rings. The fourth-order valence-corrected chi connectivity index (χ4v) is 2.60. The summed E-state index contributed by atoms with van der Waals surface area (Å²) in [5, 5.41) is 1.65. The van der Waals surface area contributed by atoms with Gasteiger partial charge in [-0.1, -0.05) is 56.8 Å². The molecule has 0 spiro atoms. The molecule has 0 atom stereocenters. The molecule has 1 aliphatic rings. The third-order valence-corrected chi connectivity index (χ3v) is 4.26. The standard InChI is InChI=1S/C11H20Si/c1-11(2,3)9-6-7-10(8-9)12(4)5/h7-8,12H,6H2,1-5H3. The Hall–Kier alpha value is -0.303. The molecule has 0 amide bonds. The van der Waals surface area contributed by atoms with Gasteiger partial charge in [0, 0.05) is 0 Å². The Balaban J connectivity index is 2.74. The normalized spacial score (nSPS) is 18.2. The minimum Gasteiger partial charge on any atom is -0.0815 e. The van der Waals surface area contributed by atoms with E-state index >= 15 is 0 Å². The third-order valence-electron chi connectivity index (χ3n) is 2.53. The molecule has 68 valence electrons. The molecule has 0 unspecified atom stereocenters. The second kappa shape index (κ2) is 3.21. The van der Waals surface area contributed by atoms with E-state index in [0.717, 1.165) is 0 Å². The van der Waals surface area contributed by atoms with Crippen molar-refractivity contribution < 1.29 is 0 Å². The van der Waals surface area contributed by atoms with Crippen molar-refractivity contribution in [3.05, 3.63) is 22.9 Å². The molecule has 0 saturated carbocycles. The van der Waals surface area contributed by atoms with Crippen LogP contribution in [0, 0.1) is 5.41 Å². The lowest BCUT2D eigenvalue weighted by Gasteiger charge is -2.20. The first-order chi connectivity index (χ1) is 5.41. The highest BCUT2D eigenvalue weighted by Crippen LogP contribution is 2.33. The molecular formula is C11H20Si. The van der Waals surface area contributed by atoms with Gasteiger partial charge >= 0.3 is 0 Å². The van der Waals surface area contributed by atoms with E-state index in [1.54, 1.807) is 10.8 Å². The maximum atomic E-state index is 2.44. The van der Waals surface area contributed by atoms with Crippen LogP contribution in [0.2, 0.25) is 13.1 Å². The lowest BCUT2D eigenvalue weighted by molar-refractivity contribution is 0.496. The molecule has 1 aliphatic carbocycles. The summed E-state index contributed by atoms with van der Waals surface area (Å²) in [5.74, 6) is 0. The molecule has 0 fully saturated rings. The van der Waals surface area contributed by atoms with E-state index in [0.29, 0.717) is 5.41 Å². The van der Waals surface area contributed by atoms with Gasteiger partial charge in [0.2, 0.25) is 0 Å². The van der Waals surface area contributed by atoms with Crippen LogP contribution in [0.3, 0.4) is 0 Å². The quantitative estimate of drug-likeness (QED) is 0.543. The number of hydrogen-bond donors (Lipinski definition) is 0. The fourth-order valence-electron chi connectivity index (χ4n) is 1.47. The van der Waals surface area contributed by atoms with Gasteiger partial charge in [-0.3, -0.25) is 0 Å². The summed E-state index contributed by atoms with van der Waals surface area (Å²) in [6.07, 6.45) is 6.07. The van der Waals surface area contributed by atoms with Crippen LogP contribution in [0.25, 0.3) is 0 Å². The van der Waals surface area contributed by atoms with E-state index in [1.807, 2.05) is 0 Å². The molecule has 0 aromatic carbocycles. The second-order valence-electron chi connectivity index (χ2n) is 4.98. The molecule has 12 heavy (non-hydrogen) atoms. The van der Waals surface area contributed by atoms with Crippen molar-refractivity contribution in [3.63, 3.8) is 0 Å². The predicted molar refractivity (Wildman–Crippen MR) is 59.1 cm³/mol. The van der Waals surface area contributed by atoms with Crippen molar-refractivity contribution in [1.29, 1.82) is 0 Å². The monoisotopic (exact) mass is 180 g/mol. The Kier molecular flexibility index (Phi) is 2.62. The summed E-state index contributed by atoms with van der Waals surface area (Å²) < 4.78 is 0. The fraction of sp³-hybridized carbons (Fsp3) is 0.636. The van der Waals surface area contributed by atoms with Gasteiger partial charge in [-0.15, -0.1) is 0 Å². The van der Waals surface area contributed by atoms with Gasteiger partial charge < -0.3 is 0 Å². The molecule has 0 aromatic heterocycles. The van der Waals surface area contributed by atoms with E-state index in [-0.39, 0.29) is 0 Å². The minimum absolute atomic E-state index is 0.377. The topological polar surface area (TPSA) is 0 Å². The van der Waals surface area contributed by atoms with Gasteiger partial charge in [0.15, 0.2) is 0 Å². The molecular weight excluding hydrogens is 160 g/mol. The minimum atomic E-state index is -0.549. The summed E-state index contributed by atoms with van der Waals surface area (Å²) in [6.45, 7) is 11.7. The number of allylic oxidation sites excluding steroid dienone is 4. The molecule has 1 heteroatoms. The van der Waals surface area contributed by atoms with Crippen molar-refractivity contribution >= 4 is 8.80 Å². The Labute approximate surface area is 78.0 Å². The Morgan fingerprint density at radius 1 is 1.25 bits per heavy atom. The van der Waals surface area contributed by atoms with Crippen molar-refractivity contribution in [2.45, 2.75) is 40.3 Å². The predicted octanol–water partition coefficient (Wildman–Crippen LogP) is 3.31. The van der Waals surface area contributed by atoms with Crippen molar-refractivity contribution in [2.75, 3.05) is 0 Å². The zero-order valence-electron chi connectivity index (χ0n) is 8.94. The van der Waals surface area contributed by atoms with Gasteiger partial charge in [-0.05, 0) is 11.8 Å². The first-order valence-electron chi connectivity index (χ1n) is 4.82. The lowest BCUT2D eigenvalue weighted by atomic mass is 9.86. The van der Waals surface area contributed by atoms with Crippen LogP contribution >= 0.6 is 0 Å². The third kappa shape index (κ3) is 2.10. The zero-order chi connectivity index (χ0) is 9.35. The van der Waals surface area contributed by atoms with Gasteiger partial charge in [-0.25, -0.2) is 0 Å². The highest BCUT2D eigenvalue weighted by atomic mass is 28.3. The smallest absolute Gasteiger partial charge is 0.0643 e. The van der Waals surface area contributed by atoms with E-state index in [4.69, 9.17) is 0 Å². The van der Waals surface area contributed by atoms with E-state index < -0.39 is 8.80 Å². The molecule has 0 heterocycles. The Morgan fingerprint density at radius 2 is 1.83 bits per heavy atom. The summed E-state index contributed by atoms with van der Waals surface area (Å²) in [7, 11) is -0.549. The van der Waals surface area contributed by atoms with Crippen LogP contribution in [-0.4, -0.2) is 8.80 Å². The van der Waals surface area contributed by atoms with Crippen LogP contribution in [-0.2, 0) is 0 Å². The van der Waals surface area contributed by atoms with E-state index in [9.17, 15) is 0 Å². The van der Waals surface area contributed by atoms with Crippen LogP contribution < -0.4 is 0 Å². The summed E-state index contributed by atoms with van der Waals surface area (Å²) in [6, 6.07) is 0. The summed E-state index contributed by atoms with van der Waals surface area (Å²) in [4.78, 5) is 0. The molecule has 0 N–H and O–H groups in total. The Bertz CT molecular complexity index is 226. The molecule has 0 bridgehead atoms. The average molecular weight is 180 g/mol. The lowest BCUT2D eigenvalue weighted by Crippen LogP contribution is -2.08. The second-order valence-corrected chi connectivity index (χ2v) is 7.96. The number of rotatable bonds is 1. The maximum absolute atomic E-state index is 2.44. The first-order valence-corrected chi connectivity index (χ1v) is 7.71. The molecule has 0 nitrogen and oxygen atoms in total. The largest absolute Gasteiger partial charge is 0.0815 e. The average Bonchev–Trinajstić information content (AvgIpc) is 2.30. The SMILES string of the molecule is C[SiH](C)C1=CCC(C(C)(C)C)=C1. The summed E-state index contributed by atoms with van der Waals surface area (Å²) >= 11 is 0. The molecule has 0 radical (unpaired) electrons. The maximum Gasteiger partial charge on any atom is 0.0643 e. The van der Waals surface area contributed by atoms with Gasteiger partial charge in [0.05, 0.1) is 8.80 Å². The van der Waals surface area contributed by atoms with Crippen molar-refractivity contribution in [3.8, 4) is 0 Å². The zero-order valence-corrected chi connectivity index (χ0v) is 10.1. The van der Waals surface area contributed by atoms with E-state index in [1.165, 1.54) is 6.42 Å². The van der Waals surface area contributed by atoms with Crippen LogP contribution in [0.1, 0.15) is 27.2 Å². The van der Waals surface area contributed by atoms with Crippen LogP contribution in [0.4, 0.5) is 0 Å². The first kappa shape index (κ1) is 9.78. The van der Waals surface area contributed by atoms with Gasteiger partial charge in [0.1, 0.15) is 0 Å². The summed E-state index contributed by atoms with van der Waals surface area (Å²) in [5.41, 5.74) is 1.99. The molecule has 0 aliphatic heterocycles. The van der Waals surface area contributed by atoms with Crippen LogP contribution in [0.5, 0.6) is 0 Å².